The molecule has 4 aromatic heterocycles. The number of H-pyrrole nitrogens is 1. The number of benzene rings is 1. The summed E-state index contributed by atoms with van der Waals surface area (Å²) < 4.78 is 61.8. The molecular weight excluding hydrogens is 617 g/mol. The van der Waals surface area contributed by atoms with Gasteiger partial charge in [0.05, 0.1) is 23.1 Å². The predicted octanol–water partition coefficient (Wildman–Crippen LogP) is 4.23. The van der Waals surface area contributed by atoms with Gasteiger partial charge in [0, 0.05) is 24.9 Å². The lowest BCUT2D eigenvalue weighted by Gasteiger charge is -2.19. The van der Waals surface area contributed by atoms with Gasteiger partial charge in [-0.1, -0.05) is 12.1 Å². The Kier molecular flexibility index (Phi) is 8.20. The molecule has 0 saturated heterocycles. The summed E-state index contributed by atoms with van der Waals surface area (Å²) in [5, 5.41) is 3.23. The molecule has 5 aromatic rings. The van der Waals surface area contributed by atoms with E-state index in [0.29, 0.717) is 46.2 Å². The lowest BCUT2D eigenvalue weighted by molar-refractivity contribution is -0.201. The maximum Gasteiger partial charge on any atom is 0.493 e. The van der Waals surface area contributed by atoms with Gasteiger partial charge in [-0.25, -0.2) is 38.1 Å². The monoisotopic (exact) mass is 640 g/mol. The molecule has 4 heterocycles. The van der Waals surface area contributed by atoms with Crippen LogP contribution in [0.15, 0.2) is 66.1 Å². The van der Waals surface area contributed by atoms with Crippen molar-refractivity contribution in [3.8, 4) is 11.3 Å². The second-order valence-electron chi connectivity index (χ2n) is 9.77. The van der Waals surface area contributed by atoms with E-state index in [-0.39, 0.29) is 15.8 Å². The number of carbonyl (C=O) groups is 2. The van der Waals surface area contributed by atoms with Crippen LogP contribution in [0.5, 0.6) is 0 Å². The van der Waals surface area contributed by atoms with E-state index in [0.717, 1.165) is 24.3 Å². The molecule has 0 fully saturated rings. The van der Waals surface area contributed by atoms with E-state index in [2.05, 4.69) is 40.1 Å². The lowest BCUT2D eigenvalue weighted by Crippen LogP contribution is -2.38. The summed E-state index contributed by atoms with van der Waals surface area (Å²) in [5.41, 5.74) is 3.91. The van der Waals surface area contributed by atoms with Gasteiger partial charge in [0.15, 0.2) is 21.3 Å². The van der Waals surface area contributed by atoms with Crippen LogP contribution in [0.3, 0.4) is 0 Å². The number of hydrogen-bond donors (Lipinski definition) is 2. The van der Waals surface area contributed by atoms with Crippen molar-refractivity contribution in [2.75, 3.05) is 16.6 Å². The quantitative estimate of drug-likeness (QED) is 0.244. The normalized spacial score (nSPS) is 11.8. The van der Waals surface area contributed by atoms with Crippen molar-refractivity contribution in [1.82, 2.24) is 29.9 Å². The number of hydrogen-bond acceptors (Lipinski definition) is 11. The van der Waals surface area contributed by atoms with Crippen LogP contribution in [0.4, 0.5) is 30.5 Å². The van der Waals surface area contributed by atoms with Crippen LogP contribution in [-0.4, -0.2) is 62.6 Å². The fourth-order valence-electron chi connectivity index (χ4n) is 4.24. The number of aromatic amines is 1. The van der Waals surface area contributed by atoms with Crippen molar-refractivity contribution >= 4 is 50.2 Å². The van der Waals surface area contributed by atoms with Gasteiger partial charge in [0.25, 0.3) is 5.91 Å². The van der Waals surface area contributed by atoms with Gasteiger partial charge in [-0.2, -0.15) is 13.2 Å². The van der Waals surface area contributed by atoms with Crippen molar-refractivity contribution < 1.29 is 36.0 Å². The summed E-state index contributed by atoms with van der Waals surface area (Å²) in [7, 11) is -3.35. The smallest absolute Gasteiger partial charge is 0.341 e. The predicted molar refractivity (Wildman–Crippen MR) is 155 cm³/mol. The molecule has 0 aliphatic rings. The molecule has 0 unspecified atom stereocenters. The maximum atomic E-state index is 12.7. The highest BCUT2D eigenvalue weighted by atomic mass is 32.2. The highest BCUT2D eigenvalue weighted by Crippen LogP contribution is 2.33. The van der Waals surface area contributed by atoms with Gasteiger partial charge in [0.1, 0.15) is 22.9 Å². The van der Waals surface area contributed by atoms with Gasteiger partial charge in [-0.15, -0.1) is 5.06 Å². The largest absolute Gasteiger partial charge is 0.493 e. The molecule has 232 valence electrons. The van der Waals surface area contributed by atoms with E-state index in [1.165, 1.54) is 36.8 Å². The number of hydroxylamine groups is 1. The van der Waals surface area contributed by atoms with Crippen molar-refractivity contribution in [3.05, 3.63) is 78.1 Å². The highest BCUT2D eigenvalue weighted by molar-refractivity contribution is 7.90. The van der Waals surface area contributed by atoms with Crippen molar-refractivity contribution in [2.45, 2.75) is 31.3 Å². The molecule has 2 N–H and O–H groups in total. The Balaban J connectivity index is 1.49. The number of aryl methyl sites for hydroxylation is 1. The molecule has 13 nitrogen and oxygen atoms in total. The molecule has 0 bridgehead atoms. The average Bonchev–Trinajstić information content (AvgIpc) is 3.44. The number of rotatable bonds is 7. The first kappa shape index (κ1) is 31.0. The first-order valence-electron chi connectivity index (χ1n) is 13.0. The number of carbonyl (C=O) groups excluding carboxylic acids is 2. The standard InChI is InChI=1S/C28H23F3N8O5S/c1-15-36-23(24-26(37-15)35-14-34-24)21-11-18(10-17-4-7-20(8-5-17)45(3,42)43)12-33-25(21)38-19-6-9-22(32-13-19)39(16(2)40)44-27(41)28(29,30)31/h4-9,11-14H,10H2,1-3H3,(H,33,38)(H,34,35,36,37). The number of sulfone groups is 1. The van der Waals surface area contributed by atoms with Crippen LogP contribution in [0.2, 0.25) is 0 Å². The molecule has 0 saturated carbocycles. The van der Waals surface area contributed by atoms with E-state index in [4.69, 9.17) is 0 Å². The molecule has 0 spiro atoms. The summed E-state index contributed by atoms with van der Waals surface area (Å²) >= 11 is 0. The molecule has 1 aromatic carbocycles. The molecule has 0 aliphatic heterocycles. The first-order valence-corrected chi connectivity index (χ1v) is 14.9. The number of anilines is 3. The van der Waals surface area contributed by atoms with Crippen LogP contribution in [0.1, 0.15) is 23.9 Å². The number of fused-ring (bicyclic) bond motifs is 1. The minimum atomic E-state index is -5.32. The fourth-order valence-corrected chi connectivity index (χ4v) is 4.87. The van der Waals surface area contributed by atoms with Crippen molar-refractivity contribution in [3.63, 3.8) is 0 Å². The van der Waals surface area contributed by atoms with Crippen molar-refractivity contribution in [2.24, 2.45) is 0 Å². The highest BCUT2D eigenvalue weighted by Gasteiger charge is 2.43. The van der Waals surface area contributed by atoms with Crippen molar-refractivity contribution in [1.29, 1.82) is 0 Å². The molecule has 0 atom stereocenters. The van der Waals surface area contributed by atoms with Gasteiger partial charge < -0.3 is 15.1 Å². The van der Waals surface area contributed by atoms with Crippen LogP contribution in [-0.2, 0) is 30.7 Å². The van der Waals surface area contributed by atoms with Crippen LogP contribution < -0.4 is 10.4 Å². The Labute approximate surface area is 253 Å². The summed E-state index contributed by atoms with van der Waals surface area (Å²) in [6.45, 7) is 2.62. The zero-order valence-corrected chi connectivity index (χ0v) is 24.6. The van der Waals surface area contributed by atoms with E-state index in [1.54, 1.807) is 25.3 Å². The number of nitrogens with one attached hydrogen (secondary N) is 2. The Hall–Kier alpha value is -5.45. The maximum absolute atomic E-state index is 12.7. The number of pyridine rings is 2. The summed E-state index contributed by atoms with van der Waals surface area (Å²) in [5.74, 6) is -3.18. The zero-order chi connectivity index (χ0) is 32.5. The SMILES string of the molecule is CC(=O)N(OC(=O)C(F)(F)F)c1ccc(Nc2ncc(Cc3ccc(S(C)(=O)=O)cc3)cc2-c2nc(C)nc3nc[nH]c23)cn1. The van der Waals surface area contributed by atoms with Gasteiger partial charge in [-0.3, -0.25) is 4.79 Å². The first-order chi connectivity index (χ1) is 21.2. The summed E-state index contributed by atoms with van der Waals surface area (Å²) in [6, 6.07) is 10.9. The molecule has 1 amide bonds. The fraction of sp³-hybridized carbons (Fsp3) is 0.179. The van der Waals surface area contributed by atoms with Gasteiger partial charge >= 0.3 is 12.1 Å². The topological polar surface area (TPSA) is 173 Å². The van der Waals surface area contributed by atoms with Crippen LogP contribution in [0.25, 0.3) is 22.4 Å². The molecule has 0 radical (unpaired) electrons. The third-order valence-corrected chi connectivity index (χ3v) is 7.40. The Morgan fingerprint density at radius 2 is 1.73 bits per heavy atom. The molecule has 17 heteroatoms. The molecular formula is C28H23F3N8O5S. The Morgan fingerprint density at radius 3 is 2.36 bits per heavy atom. The summed E-state index contributed by atoms with van der Waals surface area (Å²) in [4.78, 5) is 52.4. The van der Waals surface area contributed by atoms with E-state index < -0.39 is 27.9 Å². The van der Waals surface area contributed by atoms with Gasteiger partial charge in [0.2, 0.25) is 0 Å². The zero-order valence-electron chi connectivity index (χ0n) is 23.7. The van der Waals surface area contributed by atoms with Crippen LogP contribution >= 0.6 is 0 Å². The third kappa shape index (κ3) is 7.04. The second-order valence-corrected chi connectivity index (χ2v) is 11.8. The average molecular weight is 641 g/mol. The number of halogens is 3. The lowest BCUT2D eigenvalue weighted by atomic mass is 10.0. The van der Waals surface area contributed by atoms with Crippen LogP contribution in [0, 0.1) is 6.92 Å². The number of aromatic nitrogens is 6. The molecule has 5 rings (SSSR count). The minimum absolute atomic E-state index is 0.138. The third-order valence-electron chi connectivity index (χ3n) is 6.27. The number of nitrogens with zero attached hydrogens (tertiary/aromatic N) is 6. The summed E-state index contributed by atoms with van der Waals surface area (Å²) in [6.07, 6.45) is 0.535. The van der Waals surface area contributed by atoms with E-state index in [1.807, 2.05) is 6.07 Å². The Bertz CT molecular complexity index is 2020. The second kappa shape index (κ2) is 11.9. The number of alkyl halides is 3. The number of imidazole rings is 1. The number of amides is 1. The molecule has 45 heavy (non-hydrogen) atoms. The van der Waals surface area contributed by atoms with Gasteiger partial charge in [-0.05, 0) is 54.8 Å². The van der Waals surface area contributed by atoms with E-state index in [9.17, 15) is 31.2 Å². The van der Waals surface area contributed by atoms with E-state index >= 15 is 0 Å². The molecule has 0 aliphatic carbocycles. The minimum Gasteiger partial charge on any atom is -0.341 e. The Morgan fingerprint density at radius 1 is 1.00 bits per heavy atom.